The highest BCUT2D eigenvalue weighted by atomic mass is 35.5. The summed E-state index contributed by atoms with van der Waals surface area (Å²) in [5, 5.41) is 9.61. The SMILES string of the molecule is COc1cccc(Nc2nn(-c3cccc(Cl)c3)c3ncccc23)c1. The highest BCUT2D eigenvalue weighted by Gasteiger charge is 2.13. The summed E-state index contributed by atoms with van der Waals surface area (Å²) in [6, 6.07) is 19.1. The van der Waals surface area contributed by atoms with Crippen molar-refractivity contribution < 1.29 is 4.74 Å². The molecule has 2 aromatic heterocycles. The molecule has 0 atom stereocenters. The number of rotatable bonds is 4. The lowest BCUT2D eigenvalue weighted by molar-refractivity contribution is 0.415. The fraction of sp³-hybridized carbons (Fsp3) is 0.0526. The number of pyridine rings is 1. The molecule has 0 fully saturated rings. The Morgan fingerprint density at radius 3 is 2.76 bits per heavy atom. The molecule has 5 nitrogen and oxygen atoms in total. The van der Waals surface area contributed by atoms with Crippen LogP contribution in [0.1, 0.15) is 0 Å². The minimum Gasteiger partial charge on any atom is -0.497 e. The van der Waals surface area contributed by atoms with Crippen molar-refractivity contribution in [1.29, 1.82) is 0 Å². The Kier molecular flexibility index (Phi) is 3.99. The molecule has 0 bridgehead atoms. The first-order valence-corrected chi connectivity index (χ1v) is 8.13. The number of hydrogen-bond donors (Lipinski definition) is 1. The maximum atomic E-state index is 6.12. The summed E-state index contributed by atoms with van der Waals surface area (Å²) in [4.78, 5) is 4.48. The Hall–Kier alpha value is -3.05. The molecule has 0 amide bonds. The third-order valence-corrected chi connectivity index (χ3v) is 4.06. The molecule has 4 aromatic rings. The Morgan fingerprint density at radius 2 is 1.92 bits per heavy atom. The Morgan fingerprint density at radius 1 is 1.04 bits per heavy atom. The fourth-order valence-electron chi connectivity index (χ4n) is 2.67. The van der Waals surface area contributed by atoms with Crippen LogP contribution in [0.3, 0.4) is 0 Å². The standard InChI is InChI=1S/C19H15ClN4O/c1-25-16-8-3-6-14(12-16)22-18-17-9-4-10-21-19(17)24(23-18)15-7-2-5-13(20)11-15/h2-12H,1H3,(H,22,23). The van der Waals surface area contributed by atoms with Crippen molar-refractivity contribution in [1.82, 2.24) is 14.8 Å². The molecule has 0 saturated heterocycles. The lowest BCUT2D eigenvalue weighted by Crippen LogP contribution is -1.98. The lowest BCUT2D eigenvalue weighted by atomic mass is 10.2. The van der Waals surface area contributed by atoms with Gasteiger partial charge in [-0.2, -0.15) is 0 Å². The maximum absolute atomic E-state index is 6.12. The summed E-state index contributed by atoms with van der Waals surface area (Å²) in [6.07, 6.45) is 1.75. The van der Waals surface area contributed by atoms with Crippen molar-refractivity contribution in [2.24, 2.45) is 0 Å². The van der Waals surface area contributed by atoms with E-state index < -0.39 is 0 Å². The van der Waals surface area contributed by atoms with Gasteiger partial charge in [-0.15, -0.1) is 5.10 Å². The molecule has 2 heterocycles. The molecule has 0 aliphatic rings. The van der Waals surface area contributed by atoms with Gasteiger partial charge in [0.15, 0.2) is 11.5 Å². The second-order valence-corrected chi connectivity index (χ2v) is 5.91. The number of nitrogens with one attached hydrogen (secondary N) is 1. The number of halogens is 1. The maximum Gasteiger partial charge on any atom is 0.165 e. The summed E-state index contributed by atoms with van der Waals surface area (Å²) >= 11 is 6.12. The molecule has 25 heavy (non-hydrogen) atoms. The van der Waals surface area contributed by atoms with Gasteiger partial charge in [0.1, 0.15) is 5.75 Å². The average Bonchev–Trinajstić information content (AvgIpc) is 3.01. The average molecular weight is 351 g/mol. The van der Waals surface area contributed by atoms with Crippen LogP contribution in [0.15, 0.2) is 66.9 Å². The molecule has 0 radical (unpaired) electrons. The second kappa shape index (κ2) is 6.45. The molecule has 0 spiro atoms. The number of aromatic nitrogens is 3. The van der Waals surface area contributed by atoms with E-state index in [2.05, 4.69) is 10.3 Å². The topological polar surface area (TPSA) is 52.0 Å². The van der Waals surface area contributed by atoms with Gasteiger partial charge in [0.2, 0.25) is 0 Å². The Bertz CT molecular complexity index is 1040. The molecular formula is C19H15ClN4O. The number of ether oxygens (including phenoxy) is 1. The number of hydrogen-bond acceptors (Lipinski definition) is 4. The van der Waals surface area contributed by atoms with E-state index in [-0.39, 0.29) is 0 Å². The summed E-state index contributed by atoms with van der Waals surface area (Å²) < 4.78 is 7.06. The molecule has 1 N–H and O–H groups in total. The van der Waals surface area contributed by atoms with Crippen LogP contribution in [0, 0.1) is 0 Å². The van der Waals surface area contributed by atoms with E-state index >= 15 is 0 Å². The third kappa shape index (κ3) is 3.02. The predicted molar refractivity (Wildman–Crippen MR) is 100 cm³/mol. The largest absolute Gasteiger partial charge is 0.497 e. The van der Waals surface area contributed by atoms with Crippen molar-refractivity contribution in [2.75, 3.05) is 12.4 Å². The Labute approximate surface area is 149 Å². The van der Waals surface area contributed by atoms with Gasteiger partial charge in [-0.1, -0.05) is 23.7 Å². The smallest absolute Gasteiger partial charge is 0.165 e. The summed E-state index contributed by atoms with van der Waals surface area (Å²) in [5.74, 6) is 1.50. The molecule has 0 unspecified atom stereocenters. The van der Waals surface area contributed by atoms with Crippen molar-refractivity contribution >= 4 is 34.1 Å². The monoisotopic (exact) mass is 350 g/mol. The first-order chi connectivity index (χ1) is 12.2. The van der Waals surface area contributed by atoms with E-state index in [1.807, 2.05) is 60.7 Å². The lowest BCUT2D eigenvalue weighted by Gasteiger charge is -2.06. The van der Waals surface area contributed by atoms with Gasteiger partial charge < -0.3 is 10.1 Å². The number of nitrogens with zero attached hydrogens (tertiary/aromatic N) is 3. The number of methoxy groups -OCH3 is 1. The molecule has 124 valence electrons. The summed E-state index contributed by atoms with van der Waals surface area (Å²) in [5.41, 5.74) is 2.51. The van der Waals surface area contributed by atoms with Gasteiger partial charge in [0.05, 0.1) is 18.2 Å². The van der Waals surface area contributed by atoms with Crippen LogP contribution in [0.4, 0.5) is 11.5 Å². The van der Waals surface area contributed by atoms with Gasteiger partial charge >= 0.3 is 0 Å². The summed E-state index contributed by atoms with van der Waals surface area (Å²) in [7, 11) is 1.65. The predicted octanol–water partition coefficient (Wildman–Crippen LogP) is 4.83. The first-order valence-electron chi connectivity index (χ1n) is 7.75. The zero-order valence-electron chi connectivity index (χ0n) is 13.5. The molecule has 4 rings (SSSR count). The van der Waals surface area contributed by atoms with E-state index in [0.717, 1.165) is 34.0 Å². The molecule has 6 heteroatoms. The van der Waals surface area contributed by atoms with Crippen molar-refractivity contribution in [2.45, 2.75) is 0 Å². The van der Waals surface area contributed by atoms with Crippen LogP contribution in [-0.4, -0.2) is 21.9 Å². The minimum atomic E-state index is 0.652. The first kappa shape index (κ1) is 15.5. The van der Waals surface area contributed by atoms with Crippen LogP contribution in [0.2, 0.25) is 5.02 Å². The van der Waals surface area contributed by atoms with Crippen LogP contribution < -0.4 is 10.1 Å². The fourth-order valence-corrected chi connectivity index (χ4v) is 2.85. The highest BCUT2D eigenvalue weighted by molar-refractivity contribution is 6.30. The molecule has 0 aliphatic heterocycles. The summed E-state index contributed by atoms with van der Waals surface area (Å²) in [6.45, 7) is 0. The van der Waals surface area contributed by atoms with Gasteiger partial charge in [0.25, 0.3) is 0 Å². The van der Waals surface area contributed by atoms with Crippen molar-refractivity contribution in [3.63, 3.8) is 0 Å². The van der Waals surface area contributed by atoms with E-state index in [1.54, 1.807) is 18.0 Å². The van der Waals surface area contributed by atoms with E-state index in [0.29, 0.717) is 5.02 Å². The van der Waals surface area contributed by atoms with E-state index in [4.69, 9.17) is 21.4 Å². The second-order valence-electron chi connectivity index (χ2n) is 5.47. The molecular weight excluding hydrogens is 336 g/mol. The number of anilines is 2. The quantitative estimate of drug-likeness (QED) is 0.573. The third-order valence-electron chi connectivity index (χ3n) is 3.83. The van der Waals surface area contributed by atoms with E-state index in [1.165, 1.54) is 0 Å². The molecule has 0 aliphatic carbocycles. The zero-order chi connectivity index (χ0) is 17.2. The highest BCUT2D eigenvalue weighted by Crippen LogP contribution is 2.28. The van der Waals surface area contributed by atoms with Gasteiger partial charge in [0, 0.05) is 23.0 Å². The van der Waals surface area contributed by atoms with Gasteiger partial charge in [-0.25, -0.2) is 9.67 Å². The van der Waals surface area contributed by atoms with Gasteiger partial charge in [-0.3, -0.25) is 0 Å². The number of fused-ring (bicyclic) bond motifs is 1. The minimum absolute atomic E-state index is 0.652. The zero-order valence-corrected chi connectivity index (χ0v) is 14.2. The molecule has 2 aromatic carbocycles. The van der Waals surface area contributed by atoms with Crippen LogP contribution in [-0.2, 0) is 0 Å². The van der Waals surface area contributed by atoms with Crippen molar-refractivity contribution in [3.8, 4) is 11.4 Å². The van der Waals surface area contributed by atoms with Crippen LogP contribution in [0.5, 0.6) is 5.75 Å². The van der Waals surface area contributed by atoms with Crippen molar-refractivity contribution in [3.05, 3.63) is 71.9 Å². The number of benzene rings is 2. The van der Waals surface area contributed by atoms with Gasteiger partial charge in [-0.05, 0) is 42.5 Å². The van der Waals surface area contributed by atoms with Crippen LogP contribution >= 0.6 is 11.6 Å². The van der Waals surface area contributed by atoms with E-state index in [9.17, 15) is 0 Å². The normalized spacial score (nSPS) is 10.8. The Balaban J connectivity index is 1.82. The van der Waals surface area contributed by atoms with Crippen LogP contribution in [0.25, 0.3) is 16.7 Å². The molecule has 0 saturated carbocycles.